The number of anilines is 4. The number of amides is 1. The van der Waals surface area contributed by atoms with Gasteiger partial charge in [-0.25, -0.2) is 9.97 Å². The first kappa shape index (κ1) is 28.8. The molecule has 0 saturated heterocycles. The average Bonchev–Trinajstić information content (AvgIpc) is 3.63. The van der Waals surface area contributed by atoms with Crippen LogP contribution in [-0.4, -0.2) is 66.1 Å². The van der Waals surface area contributed by atoms with Gasteiger partial charge in [0.2, 0.25) is 11.9 Å². The van der Waals surface area contributed by atoms with Crippen LogP contribution in [0.2, 0.25) is 0 Å². The van der Waals surface area contributed by atoms with E-state index in [-0.39, 0.29) is 12.2 Å². The zero-order valence-corrected chi connectivity index (χ0v) is 22.7. The molecule has 5 heterocycles. The molecule has 0 spiro atoms. The van der Waals surface area contributed by atoms with Crippen LogP contribution in [0, 0.1) is 6.92 Å². The van der Waals surface area contributed by atoms with Crippen LogP contribution >= 0.6 is 0 Å². The number of rotatable bonds is 5. The van der Waals surface area contributed by atoms with E-state index in [1.54, 1.807) is 36.4 Å². The van der Waals surface area contributed by atoms with Gasteiger partial charge in [-0.2, -0.15) is 18.2 Å². The molecule has 43 heavy (non-hydrogen) atoms. The lowest BCUT2D eigenvalue weighted by atomic mass is 9.94. The fourth-order valence-corrected chi connectivity index (χ4v) is 4.48. The summed E-state index contributed by atoms with van der Waals surface area (Å²) >= 11 is 0. The largest absolute Gasteiger partial charge is 0.483 e. The molecule has 0 fully saturated rings. The lowest BCUT2D eigenvalue weighted by Crippen LogP contribution is -2.32. The summed E-state index contributed by atoms with van der Waals surface area (Å²) in [6, 6.07) is 6.82. The highest BCUT2D eigenvalue weighted by molar-refractivity contribution is 6.36. The molecule has 0 radical (unpaired) electrons. The van der Waals surface area contributed by atoms with Gasteiger partial charge in [-0.3, -0.25) is 29.6 Å². The Hall–Kier alpha value is -5.67. The van der Waals surface area contributed by atoms with Crippen LogP contribution in [-0.2, 0) is 18.0 Å². The average molecular weight is 593 g/mol. The smallest absolute Gasteiger partial charge is 0.416 e. The second-order valence-electron chi connectivity index (χ2n) is 9.27. The molecule has 0 bridgehead atoms. The molecule has 6 rings (SSSR count). The second kappa shape index (κ2) is 11.7. The minimum Gasteiger partial charge on any atom is -0.483 e. The summed E-state index contributed by atoms with van der Waals surface area (Å²) in [7, 11) is 1.76. The summed E-state index contributed by atoms with van der Waals surface area (Å²) in [4.78, 5) is 44.8. The predicted octanol–water partition coefficient (Wildman–Crippen LogP) is 3.80. The second-order valence-corrected chi connectivity index (χ2v) is 9.27. The summed E-state index contributed by atoms with van der Waals surface area (Å²) in [5.41, 5.74) is 2.42. The van der Waals surface area contributed by atoms with E-state index < -0.39 is 17.6 Å². The Morgan fingerprint density at radius 2 is 1.91 bits per heavy atom. The normalized spacial score (nSPS) is 13.6. The summed E-state index contributed by atoms with van der Waals surface area (Å²) < 4.78 is 40.9. The maximum Gasteiger partial charge on any atom is 0.416 e. The molecular weight excluding hydrogens is 569 g/mol. The Kier molecular flexibility index (Phi) is 7.83. The van der Waals surface area contributed by atoms with Crippen molar-refractivity contribution in [3.05, 3.63) is 77.0 Å². The fourth-order valence-electron chi connectivity index (χ4n) is 4.48. The number of fused-ring (bicyclic) bond motifs is 3. The van der Waals surface area contributed by atoms with Crippen molar-refractivity contribution in [2.24, 2.45) is 12.0 Å². The molecule has 0 saturated carbocycles. The number of nitrogens with one attached hydrogen (secondary N) is 2. The van der Waals surface area contributed by atoms with Gasteiger partial charge in [0.15, 0.2) is 0 Å². The monoisotopic (exact) mass is 592 g/mol. The van der Waals surface area contributed by atoms with Crippen LogP contribution in [0.3, 0.4) is 0 Å². The summed E-state index contributed by atoms with van der Waals surface area (Å²) in [6.07, 6.45) is 1.58. The zero-order chi connectivity index (χ0) is 30.7. The maximum absolute atomic E-state index is 13.1. The van der Waals surface area contributed by atoms with E-state index in [0.717, 1.165) is 46.4 Å². The number of aliphatic imine (C=N–C) groups is 1. The zero-order valence-electron chi connectivity index (χ0n) is 22.7. The van der Waals surface area contributed by atoms with Crippen molar-refractivity contribution >= 4 is 53.3 Å². The minimum absolute atomic E-state index is 0.250. The third-order valence-corrected chi connectivity index (χ3v) is 6.36. The Balaban J connectivity index is 0.00000118. The van der Waals surface area contributed by atoms with Gasteiger partial charge in [-0.05, 0) is 48.4 Å². The van der Waals surface area contributed by atoms with Gasteiger partial charge in [-0.1, -0.05) is 6.07 Å². The molecule has 16 heteroatoms. The van der Waals surface area contributed by atoms with Crippen molar-refractivity contribution in [1.82, 2.24) is 29.7 Å². The molecule has 3 aromatic heterocycles. The fraction of sp³-hybridized carbons (Fsp3) is 0.185. The van der Waals surface area contributed by atoms with E-state index >= 15 is 0 Å². The van der Waals surface area contributed by atoms with Crippen LogP contribution in [0.1, 0.15) is 32.7 Å². The van der Waals surface area contributed by atoms with E-state index in [9.17, 15) is 18.0 Å². The Labute approximate surface area is 241 Å². The number of carboxylic acid groups (broad SMARTS) is 1. The first-order valence-electron chi connectivity index (χ1n) is 12.6. The number of halogens is 3. The number of pyridine rings is 1. The summed E-state index contributed by atoms with van der Waals surface area (Å²) in [5.74, 6) is 1.38. The van der Waals surface area contributed by atoms with Crippen molar-refractivity contribution in [3.63, 3.8) is 0 Å². The van der Waals surface area contributed by atoms with E-state index in [2.05, 4.69) is 35.7 Å². The Morgan fingerprint density at radius 3 is 2.63 bits per heavy atom. The lowest BCUT2D eigenvalue weighted by molar-refractivity contribution is -0.137. The van der Waals surface area contributed by atoms with E-state index in [0.29, 0.717) is 36.5 Å². The number of carbonyl (C=O) groups excluding carboxylic acids is 1. The van der Waals surface area contributed by atoms with Gasteiger partial charge in [0.05, 0.1) is 12.1 Å². The van der Waals surface area contributed by atoms with Crippen LogP contribution in [0.5, 0.6) is 0 Å². The molecule has 0 aliphatic carbocycles. The number of amidine groups is 1. The van der Waals surface area contributed by atoms with Gasteiger partial charge in [0.25, 0.3) is 12.4 Å². The quantitative estimate of drug-likeness (QED) is 0.291. The topological polar surface area (TPSA) is 163 Å². The SMILES string of the molecule is Cc1ccc(NC(=O)c2cc(C(F)(F)F)ccn2)cc1C1=Cc2cnc(Nc3ncn(C)n3)nc2N2CCN=C12.O=CO. The van der Waals surface area contributed by atoms with Gasteiger partial charge in [0.1, 0.15) is 23.7 Å². The molecule has 2 aliphatic heterocycles. The maximum atomic E-state index is 13.1. The number of aryl methyl sites for hydroxylation is 2. The molecule has 0 atom stereocenters. The van der Waals surface area contributed by atoms with E-state index in [1.807, 2.05) is 24.0 Å². The van der Waals surface area contributed by atoms with Crippen molar-refractivity contribution in [3.8, 4) is 0 Å². The molecule has 0 unspecified atom stereocenters. The highest BCUT2D eigenvalue weighted by Crippen LogP contribution is 2.37. The van der Waals surface area contributed by atoms with Gasteiger partial charge in [0, 0.05) is 42.8 Å². The predicted molar refractivity (Wildman–Crippen MR) is 151 cm³/mol. The molecule has 3 N–H and O–H groups in total. The minimum atomic E-state index is -4.58. The Bertz CT molecular complexity index is 1770. The number of hydrogen-bond donors (Lipinski definition) is 3. The standard InChI is InChI=1S/C26H21F3N10O.CH2O2/c1-14-3-4-17(34-23(40)20-10-16(5-6-30-20)26(27,28)29)11-18(14)19-9-15-12-32-24(36-25-33-13-38(2)37-25)35-21(15)39-8-7-31-22(19)39;2-1-3/h3-6,9-13H,7-8H2,1-2H3,(H,34,40)(H,32,35,36,37);1H,(H,2,3). The highest BCUT2D eigenvalue weighted by atomic mass is 19.4. The van der Waals surface area contributed by atoms with Gasteiger partial charge >= 0.3 is 6.18 Å². The summed E-state index contributed by atoms with van der Waals surface area (Å²) in [6.45, 7) is 2.86. The van der Waals surface area contributed by atoms with Gasteiger partial charge in [-0.15, -0.1) is 5.10 Å². The number of nitrogens with zero attached hydrogens (tertiary/aromatic N) is 8. The third kappa shape index (κ3) is 6.17. The Morgan fingerprint density at radius 1 is 1.12 bits per heavy atom. The molecule has 1 amide bonds. The van der Waals surface area contributed by atoms with Crippen LogP contribution in [0.25, 0.3) is 11.6 Å². The van der Waals surface area contributed by atoms with Crippen LogP contribution in [0.15, 0.2) is 54.0 Å². The lowest BCUT2D eigenvalue weighted by Gasteiger charge is -2.28. The molecule has 13 nitrogen and oxygen atoms in total. The first-order chi connectivity index (χ1) is 20.6. The summed E-state index contributed by atoms with van der Waals surface area (Å²) in [5, 5.41) is 16.7. The third-order valence-electron chi connectivity index (χ3n) is 6.36. The number of alkyl halides is 3. The van der Waals surface area contributed by atoms with Crippen LogP contribution < -0.4 is 15.5 Å². The molecule has 1 aromatic carbocycles. The van der Waals surface area contributed by atoms with Crippen molar-refractivity contribution < 1.29 is 27.9 Å². The van der Waals surface area contributed by atoms with E-state index in [1.165, 1.54) is 0 Å². The first-order valence-corrected chi connectivity index (χ1v) is 12.6. The molecule has 2 aliphatic rings. The van der Waals surface area contributed by atoms with Crippen molar-refractivity contribution in [2.75, 3.05) is 28.6 Å². The number of benzene rings is 1. The molecule has 4 aromatic rings. The molecular formula is C27H23F3N10O3. The van der Waals surface area contributed by atoms with Crippen molar-refractivity contribution in [1.29, 1.82) is 0 Å². The number of aromatic nitrogens is 6. The van der Waals surface area contributed by atoms with E-state index in [4.69, 9.17) is 14.9 Å². The molecule has 220 valence electrons. The van der Waals surface area contributed by atoms with Crippen LogP contribution in [0.4, 0.5) is 36.6 Å². The number of hydrogen-bond acceptors (Lipinski definition) is 10. The highest BCUT2D eigenvalue weighted by Gasteiger charge is 2.32. The number of carbonyl (C=O) groups is 2. The van der Waals surface area contributed by atoms with Crippen molar-refractivity contribution in [2.45, 2.75) is 13.1 Å². The van der Waals surface area contributed by atoms with Gasteiger partial charge < -0.3 is 15.3 Å².